The monoisotopic (exact) mass is 409 g/mol. The van der Waals surface area contributed by atoms with E-state index in [-0.39, 0.29) is 11.8 Å². The Labute approximate surface area is 158 Å². The second-order valence-corrected chi connectivity index (χ2v) is 7.96. The minimum Gasteiger partial charge on any atom is -0.370 e. The lowest BCUT2D eigenvalue weighted by Crippen LogP contribution is -2.24. The van der Waals surface area contributed by atoms with Crippen LogP contribution in [0.5, 0.6) is 0 Å². The van der Waals surface area contributed by atoms with E-state index in [1.54, 1.807) is 18.2 Å². The van der Waals surface area contributed by atoms with Crippen molar-refractivity contribution in [2.75, 3.05) is 6.26 Å². The van der Waals surface area contributed by atoms with E-state index in [2.05, 4.69) is 4.99 Å². The van der Waals surface area contributed by atoms with Gasteiger partial charge >= 0.3 is 0 Å². The van der Waals surface area contributed by atoms with Gasteiger partial charge in [-0.05, 0) is 35.4 Å². The van der Waals surface area contributed by atoms with E-state index in [9.17, 15) is 17.6 Å². The average molecular weight is 409 g/mol. The molecule has 7 nitrogen and oxygen atoms in total. The molecule has 142 valence electrons. The summed E-state index contributed by atoms with van der Waals surface area (Å²) in [6.07, 6.45) is 0.715. The van der Waals surface area contributed by atoms with Crippen LogP contribution in [-0.2, 0) is 10.1 Å². The third-order valence-corrected chi connectivity index (χ3v) is 4.25. The zero-order valence-corrected chi connectivity index (χ0v) is 15.7. The predicted molar refractivity (Wildman–Crippen MR) is 105 cm³/mol. The number of rotatable bonds is 2. The van der Waals surface area contributed by atoms with Crippen LogP contribution in [0.4, 0.5) is 4.39 Å². The van der Waals surface area contributed by atoms with Crippen molar-refractivity contribution in [2.24, 2.45) is 16.5 Å². The molecule has 0 aliphatic rings. The molecule has 0 atom stereocenters. The van der Waals surface area contributed by atoms with Gasteiger partial charge in [-0.15, -0.1) is 11.3 Å². The van der Waals surface area contributed by atoms with Gasteiger partial charge in [0.15, 0.2) is 5.96 Å². The highest BCUT2D eigenvalue weighted by molar-refractivity contribution is 7.85. The number of hydrogen-bond donors (Lipinski definition) is 3. The van der Waals surface area contributed by atoms with Crippen LogP contribution in [0.3, 0.4) is 0 Å². The number of nitrogens with zero attached hydrogens (tertiary/aromatic N) is 1. The minimum atomic E-state index is -3.67. The van der Waals surface area contributed by atoms with Crippen molar-refractivity contribution < 1.29 is 22.2 Å². The van der Waals surface area contributed by atoms with Crippen LogP contribution >= 0.6 is 11.3 Å². The Balaban J connectivity index is 0.000000465. The Morgan fingerprint density at radius 3 is 2.30 bits per heavy atom. The van der Waals surface area contributed by atoms with E-state index in [0.29, 0.717) is 11.1 Å². The number of hydrogen-bond acceptors (Lipinski definition) is 4. The van der Waals surface area contributed by atoms with Crippen LogP contribution in [0, 0.1) is 5.82 Å². The van der Waals surface area contributed by atoms with E-state index >= 15 is 0 Å². The van der Waals surface area contributed by atoms with E-state index in [0.717, 1.165) is 21.2 Å². The Kier molecular flexibility index (Phi) is 6.26. The average Bonchev–Trinajstić information content (AvgIpc) is 2.98. The minimum absolute atomic E-state index is 0.263. The van der Waals surface area contributed by atoms with Crippen molar-refractivity contribution in [1.29, 1.82) is 0 Å². The number of amides is 1. The van der Waals surface area contributed by atoms with E-state index < -0.39 is 16.0 Å². The summed E-state index contributed by atoms with van der Waals surface area (Å²) in [4.78, 5) is 15.9. The van der Waals surface area contributed by atoms with Gasteiger partial charge < -0.3 is 11.5 Å². The van der Waals surface area contributed by atoms with Crippen LogP contribution < -0.4 is 11.5 Å². The molecule has 1 aromatic heterocycles. The molecule has 3 rings (SSSR count). The Hall–Kier alpha value is -2.82. The lowest BCUT2D eigenvalue weighted by Gasteiger charge is -2.03. The smallest absolute Gasteiger partial charge is 0.290 e. The molecule has 5 N–H and O–H groups in total. The maximum Gasteiger partial charge on any atom is 0.290 e. The molecule has 0 unspecified atom stereocenters. The molecule has 27 heavy (non-hydrogen) atoms. The highest BCUT2D eigenvalue weighted by Crippen LogP contribution is 2.34. The molecule has 3 aromatic rings. The zero-order chi connectivity index (χ0) is 20.2. The highest BCUT2D eigenvalue weighted by atomic mass is 32.2. The molecule has 0 saturated heterocycles. The van der Waals surface area contributed by atoms with Crippen molar-refractivity contribution >= 4 is 43.4 Å². The van der Waals surface area contributed by atoms with Gasteiger partial charge in [0.25, 0.3) is 16.0 Å². The molecule has 10 heteroatoms. The third kappa shape index (κ3) is 6.13. The van der Waals surface area contributed by atoms with Gasteiger partial charge in [-0.1, -0.05) is 24.3 Å². The van der Waals surface area contributed by atoms with Crippen LogP contribution in [0.25, 0.3) is 21.2 Å². The molecule has 0 aliphatic carbocycles. The van der Waals surface area contributed by atoms with Gasteiger partial charge in [0.2, 0.25) is 0 Å². The topological polar surface area (TPSA) is 136 Å². The molecule has 0 fully saturated rings. The maximum absolute atomic E-state index is 13.1. The van der Waals surface area contributed by atoms with Crippen LogP contribution in [-0.4, -0.2) is 31.1 Å². The predicted octanol–water partition coefficient (Wildman–Crippen LogP) is 2.63. The SMILES string of the molecule is CS(=O)(=O)O.NC(N)=NC(=O)c1cc2c(-c3ccc(F)cc3)cccc2s1. The first-order valence-electron chi connectivity index (χ1n) is 7.39. The largest absolute Gasteiger partial charge is 0.370 e. The number of halogens is 1. The maximum atomic E-state index is 13.1. The summed E-state index contributed by atoms with van der Waals surface area (Å²) in [7, 11) is -3.67. The number of guanidine groups is 1. The fraction of sp³-hybridized carbons (Fsp3) is 0.0588. The van der Waals surface area contributed by atoms with Gasteiger partial charge in [0, 0.05) is 10.1 Å². The number of aliphatic imine (C=N–C) groups is 1. The van der Waals surface area contributed by atoms with Crippen LogP contribution in [0.2, 0.25) is 0 Å². The molecule has 2 aromatic carbocycles. The first-order valence-corrected chi connectivity index (χ1v) is 10.1. The number of carbonyl (C=O) groups is 1. The molecule has 0 radical (unpaired) electrons. The number of carbonyl (C=O) groups excluding carboxylic acids is 1. The molecule has 0 saturated carbocycles. The van der Waals surface area contributed by atoms with Crippen LogP contribution in [0.15, 0.2) is 53.5 Å². The summed E-state index contributed by atoms with van der Waals surface area (Å²) in [5.74, 6) is -1.02. The Bertz CT molecular complexity index is 1090. The summed E-state index contributed by atoms with van der Waals surface area (Å²) >= 11 is 1.32. The van der Waals surface area contributed by atoms with E-state index in [1.807, 2.05) is 18.2 Å². The fourth-order valence-electron chi connectivity index (χ4n) is 2.22. The first-order chi connectivity index (χ1) is 12.5. The standard InChI is InChI=1S/C16H12FN3OS.CH4O3S/c17-10-6-4-9(5-7-10)11-2-1-3-13-12(11)8-14(22-13)15(21)20-16(18)19;1-5(2,3)4/h1-8H,(H4,18,19,20,21);1H3,(H,2,3,4). The summed E-state index contributed by atoms with van der Waals surface area (Å²) in [6.45, 7) is 0. The molecular formula is C17H16FN3O4S2. The third-order valence-electron chi connectivity index (χ3n) is 3.16. The fourth-order valence-corrected chi connectivity index (χ4v) is 3.19. The molecule has 1 amide bonds. The number of benzene rings is 2. The normalized spacial score (nSPS) is 10.8. The van der Waals surface area contributed by atoms with Gasteiger partial charge in [0.1, 0.15) is 5.82 Å². The Morgan fingerprint density at radius 1 is 1.15 bits per heavy atom. The Morgan fingerprint density at radius 2 is 1.74 bits per heavy atom. The molecule has 0 aliphatic heterocycles. The van der Waals surface area contributed by atoms with Crippen molar-refractivity contribution in [3.05, 3.63) is 59.2 Å². The lowest BCUT2D eigenvalue weighted by molar-refractivity contribution is 0.101. The summed E-state index contributed by atoms with van der Waals surface area (Å²) in [5, 5.41) is 0.910. The van der Waals surface area contributed by atoms with Crippen molar-refractivity contribution in [3.63, 3.8) is 0 Å². The number of thiophene rings is 1. The summed E-state index contributed by atoms with van der Waals surface area (Å²) < 4.78 is 39.9. The van der Waals surface area contributed by atoms with Crippen molar-refractivity contribution in [3.8, 4) is 11.1 Å². The number of fused-ring (bicyclic) bond motifs is 1. The van der Waals surface area contributed by atoms with E-state index in [4.69, 9.17) is 16.0 Å². The second kappa shape index (κ2) is 8.25. The van der Waals surface area contributed by atoms with Gasteiger partial charge in [-0.3, -0.25) is 9.35 Å². The zero-order valence-electron chi connectivity index (χ0n) is 14.1. The van der Waals surface area contributed by atoms with Crippen molar-refractivity contribution in [2.45, 2.75) is 0 Å². The van der Waals surface area contributed by atoms with Crippen molar-refractivity contribution in [1.82, 2.24) is 0 Å². The highest BCUT2D eigenvalue weighted by Gasteiger charge is 2.13. The van der Waals surface area contributed by atoms with Crippen LogP contribution in [0.1, 0.15) is 9.67 Å². The quantitative estimate of drug-likeness (QED) is 0.338. The molecule has 1 heterocycles. The summed E-state index contributed by atoms with van der Waals surface area (Å²) in [6, 6.07) is 13.7. The van der Waals surface area contributed by atoms with Gasteiger partial charge in [-0.25, -0.2) is 4.39 Å². The lowest BCUT2D eigenvalue weighted by atomic mass is 10.0. The molecular weight excluding hydrogens is 393 g/mol. The van der Waals surface area contributed by atoms with Gasteiger partial charge in [-0.2, -0.15) is 13.4 Å². The van der Waals surface area contributed by atoms with E-state index in [1.165, 1.54) is 23.5 Å². The van der Waals surface area contributed by atoms with Gasteiger partial charge in [0.05, 0.1) is 11.1 Å². The second-order valence-electron chi connectivity index (χ2n) is 5.41. The number of nitrogens with two attached hydrogens (primary N) is 2. The first kappa shape index (κ1) is 20.5. The molecule has 0 spiro atoms. The molecule has 0 bridgehead atoms. The summed E-state index contributed by atoms with van der Waals surface area (Å²) in [5.41, 5.74) is 12.3.